The van der Waals surface area contributed by atoms with Crippen molar-refractivity contribution in [2.75, 3.05) is 12.4 Å². The minimum absolute atomic E-state index is 0.305. The van der Waals surface area contributed by atoms with Crippen molar-refractivity contribution in [2.24, 2.45) is 0 Å². The van der Waals surface area contributed by atoms with Gasteiger partial charge in [0, 0.05) is 11.3 Å². The van der Waals surface area contributed by atoms with Gasteiger partial charge in [0.05, 0.1) is 7.11 Å². The molecule has 0 saturated heterocycles. The predicted molar refractivity (Wildman–Crippen MR) is 59.5 cm³/mol. The third kappa shape index (κ3) is 3.03. The lowest BCUT2D eigenvalue weighted by molar-refractivity contribution is -0.141. The highest BCUT2D eigenvalue weighted by Crippen LogP contribution is 2.11. The Kier molecular flexibility index (Phi) is 3.75. The second-order valence-electron chi connectivity index (χ2n) is 3.11. The molecule has 1 atom stereocenters. The molecule has 1 N–H and O–H groups in total. The number of benzene rings is 1. The Bertz CT molecular complexity index is 393. The molecule has 0 spiro atoms. The van der Waals surface area contributed by atoms with Crippen LogP contribution < -0.4 is 5.32 Å². The molecule has 0 amide bonds. The minimum atomic E-state index is -0.386. The molecule has 1 aromatic carbocycles. The molecule has 1 aromatic rings. The van der Waals surface area contributed by atoms with Crippen LogP contribution in [0.5, 0.6) is 0 Å². The maximum atomic E-state index is 11.1. The fourth-order valence-corrected chi connectivity index (χ4v) is 1.18. The van der Waals surface area contributed by atoms with Gasteiger partial charge in [-0.25, -0.2) is 4.79 Å². The van der Waals surface area contributed by atoms with E-state index in [1.165, 1.54) is 7.11 Å². The number of terminal acetylenes is 1. The number of hydrogen-bond acceptors (Lipinski definition) is 3. The van der Waals surface area contributed by atoms with Gasteiger partial charge < -0.3 is 10.1 Å². The van der Waals surface area contributed by atoms with Crippen LogP contribution in [0.4, 0.5) is 5.69 Å². The first-order valence-electron chi connectivity index (χ1n) is 4.58. The molecule has 78 valence electrons. The van der Waals surface area contributed by atoms with Crippen molar-refractivity contribution in [3.05, 3.63) is 29.8 Å². The Morgan fingerprint density at radius 3 is 2.93 bits per heavy atom. The monoisotopic (exact) mass is 203 g/mol. The van der Waals surface area contributed by atoms with Crippen LogP contribution in [-0.2, 0) is 9.53 Å². The zero-order valence-electron chi connectivity index (χ0n) is 8.78. The van der Waals surface area contributed by atoms with Crippen LogP contribution in [0.15, 0.2) is 24.3 Å². The van der Waals surface area contributed by atoms with Crippen molar-refractivity contribution in [3.8, 4) is 12.3 Å². The van der Waals surface area contributed by atoms with E-state index in [1.807, 2.05) is 18.2 Å². The Morgan fingerprint density at radius 2 is 2.33 bits per heavy atom. The Hall–Kier alpha value is -1.95. The van der Waals surface area contributed by atoms with E-state index in [4.69, 9.17) is 6.42 Å². The highest BCUT2D eigenvalue weighted by Gasteiger charge is 2.11. The molecule has 0 aliphatic heterocycles. The first kappa shape index (κ1) is 11.1. The van der Waals surface area contributed by atoms with Crippen molar-refractivity contribution >= 4 is 11.7 Å². The van der Waals surface area contributed by atoms with Crippen LogP contribution in [0.1, 0.15) is 12.5 Å². The number of carbonyl (C=O) groups is 1. The van der Waals surface area contributed by atoms with Crippen LogP contribution in [0.3, 0.4) is 0 Å². The number of carbonyl (C=O) groups excluding carboxylic acids is 1. The Balaban J connectivity index is 2.73. The van der Waals surface area contributed by atoms with Gasteiger partial charge in [-0.1, -0.05) is 12.0 Å². The molecule has 0 radical (unpaired) electrons. The average molecular weight is 203 g/mol. The summed E-state index contributed by atoms with van der Waals surface area (Å²) in [6.45, 7) is 1.73. The summed E-state index contributed by atoms with van der Waals surface area (Å²) < 4.78 is 4.60. The summed E-state index contributed by atoms with van der Waals surface area (Å²) in [4.78, 5) is 11.1. The molecule has 3 nitrogen and oxygen atoms in total. The van der Waals surface area contributed by atoms with E-state index in [-0.39, 0.29) is 12.0 Å². The topological polar surface area (TPSA) is 38.3 Å². The maximum absolute atomic E-state index is 11.1. The smallest absolute Gasteiger partial charge is 0.327 e. The molecular formula is C12H13NO2. The molecule has 1 rings (SSSR count). The lowest BCUT2D eigenvalue weighted by Crippen LogP contribution is -2.27. The van der Waals surface area contributed by atoms with Crippen molar-refractivity contribution in [1.82, 2.24) is 0 Å². The molecule has 0 heterocycles. The number of hydrogen-bond donors (Lipinski definition) is 1. The molecular weight excluding hydrogens is 190 g/mol. The van der Waals surface area contributed by atoms with Gasteiger partial charge in [0.1, 0.15) is 6.04 Å². The van der Waals surface area contributed by atoms with Gasteiger partial charge in [-0.05, 0) is 25.1 Å². The van der Waals surface area contributed by atoms with Gasteiger partial charge in [-0.15, -0.1) is 6.42 Å². The van der Waals surface area contributed by atoms with Crippen molar-refractivity contribution in [2.45, 2.75) is 13.0 Å². The number of rotatable bonds is 3. The largest absolute Gasteiger partial charge is 0.467 e. The van der Waals surface area contributed by atoms with Crippen LogP contribution in [-0.4, -0.2) is 19.1 Å². The number of esters is 1. The first-order chi connectivity index (χ1) is 7.17. The standard InChI is InChI=1S/C12H13NO2/c1-4-10-6-5-7-11(8-10)13-9(2)12(14)15-3/h1,5-9,13H,2-3H3. The third-order valence-corrected chi connectivity index (χ3v) is 1.97. The quantitative estimate of drug-likeness (QED) is 0.599. The van der Waals surface area contributed by atoms with E-state index in [0.29, 0.717) is 0 Å². The van der Waals surface area contributed by atoms with Gasteiger partial charge in [0.2, 0.25) is 0 Å². The molecule has 0 aliphatic carbocycles. The Morgan fingerprint density at radius 1 is 1.60 bits per heavy atom. The van der Waals surface area contributed by atoms with Crippen LogP contribution >= 0.6 is 0 Å². The van der Waals surface area contributed by atoms with Crippen LogP contribution in [0, 0.1) is 12.3 Å². The van der Waals surface area contributed by atoms with Gasteiger partial charge in [0.15, 0.2) is 0 Å². The highest BCUT2D eigenvalue weighted by atomic mass is 16.5. The molecule has 15 heavy (non-hydrogen) atoms. The first-order valence-corrected chi connectivity index (χ1v) is 4.58. The lowest BCUT2D eigenvalue weighted by atomic mass is 10.2. The van der Waals surface area contributed by atoms with E-state index in [2.05, 4.69) is 16.0 Å². The molecule has 0 aliphatic rings. The third-order valence-electron chi connectivity index (χ3n) is 1.97. The van der Waals surface area contributed by atoms with Crippen molar-refractivity contribution in [1.29, 1.82) is 0 Å². The maximum Gasteiger partial charge on any atom is 0.327 e. The molecule has 0 fully saturated rings. The summed E-state index contributed by atoms with van der Waals surface area (Å²) in [5.41, 5.74) is 1.58. The predicted octanol–water partition coefficient (Wildman–Crippen LogP) is 1.64. The van der Waals surface area contributed by atoms with E-state index in [0.717, 1.165) is 11.3 Å². The SMILES string of the molecule is C#Cc1cccc(NC(C)C(=O)OC)c1. The van der Waals surface area contributed by atoms with E-state index < -0.39 is 0 Å². The lowest BCUT2D eigenvalue weighted by Gasteiger charge is -2.12. The summed E-state index contributed by atoms with van der Waals surface area (Å²) in [6, 6.07) is 6.93. The molecule has 3 heteroatoms. The second kappa shape index (κ2) is 5.06. The summed E-state index contributed by atoms with van der Waals surface area (Å²) >= 11 is 0. The van der Waals surface area contributed by atoms with Crippen molar-refractivity contribution < 1.29 is 9.53 Å². The second-order valence-corrected chi connectivity index (χ2v) is 3.11. The number of methoxy groups -OCH3 is 1. The molecule has 0 aromatic heterocycles. The zero-order valence-corrected chi connectivity index (χ0v) is 8.78. The van der Waals surface area contributed by atoms with E-state index in [1.54, 1.807) is 13.0 Å². The normalized spacial score (nSPS) is 11.3. The number of anilines is 1. The van der Waals surface area contributed by atoms with E-state index in [9.17, 15) is 4.79 Å². The fraction of sp³-hybridized carbons (Fsp3) is 0.250. The Labute approximate surface area is 89.4 Å². The van der Waals surface area contributed by atoms with Gasteiger partial charge >= 0.3 is 5.97 Å². The van der Waals surface area contributed by atoms with Gasteiger partial charge in [0.25, 0.3) is 0 Å². The number of nitrogens with one attached hydrogen (secondary N) is 1. The fourth-order valence-electron chi connectivity index (χ4n) is 1.18. The van der Waals surface area contributed by atoms with Gasteiger partial charge in [-0.3, -0.25) is 0 Å². The molecule has 0 saturated carbocycles. The van der Waals surface area contributed by atoms with Gasteiger partial charge in [-0.2, -0.15) is 0 Å². The molecule has 0 bridgehead atoms. The van der Waals surface area contributed by atoms with Crippen molar-refractivity contribution in [3.63, 3.8) is 0 Å². The molecule has 1 unspecified atom stereocenters. The van der Waals surface area contributed by atoms with Crippen LogP contribution in [0.2, 0.25) is 0 Å². The summed E-state index contributed by atoms with van der Waals surface area (Å²) in [5.74, 6) is 2.22. The number of ether oxygens (including phenoxy) is 1. The minimum Gasteiger partial charge on any atom is -0.467 e. The average Bonchev–Trinajstić information content (AvgIpc) is 2.28. The summed E-state index contributed by atoms with van der Waals surface area (Å²) in [6.07, 6.45) is 5.27. The summed E-state index contributed by atoms with van der Waals surface area (Å²) in [7, 11) is 1.36. The highest BCUT2D eigenvalue weighted by molar-refractivity contribution is 5.78. The zero-order chi connectivity index (χ0) is 11.3. The van der Waals surface area contributed by atoms with E-state index >= 15 is 0 Å². The summed E-state index contributed by atoms with van der Waals surface area (Å²) in [5, 5.41) is 3.00. The van der Waals surface area contributed by atoms with Crippen LogP contribution in [0.25, 0.3) is 0 Å².